The molecule has 1 aliphatic rings. The molecule has 0 atom stereocenters. The van der Waals surface area contributed by atoms with E-state index in [0.29, 0.717) is 0 Å². The minimum absolute atomic E-state index is 1.19. The van der Waals surface area contributed by atoms with E-state index in [4.69, 9.17) is 0 Å². The van der Waals surface area contributed by atoms with Crippen LogP contribution in [0, 0.1) is 0 Å². The first-order valence-corrected chi connectivity index (χ1v) is 4.39. The third kappa shape index (κ3) is 0.670. The molecule has 0 unspecified atom stereocenters. The van der Waals surface area contributed by atoms with Crippen molar-refractivity contribution in [3.05, 3.63) is 29.6 Å². The van der Waals surface area contributed by atoms with Gasteiger partial charge in [-0.2, -0.15) is 0 Å². The van der Waals surface area contributed by atoms with E-state index in [1.165, 1.54) is 41.6 Å². The van der Waals surface area contributed by atoms with E-state index in [2.05, 4.69) is 16.0 Å². The van der Waals surface area contributed by atoms with Gasteiger partial charge in [0.25, 0.3) is 0 Å². The van der Waals surface area contributed by atoms with E-state index >= 15 is 0 Å². The first-order chi connectivity index (χ1) is 5.95. The molecule has 60 valence electrons. The van der Waals surface area contributed by atoms with E-state index in [1.54, 1.807) is 0 Å². The zero-order chi connectivity index (χ0) is 7.97. The van der Waals surface area contributed by atoms with Crippen molar-refractivity contribution in [2.45, 2.75) is 19.3 Å². The molecule has 0 radical (unpaired) electrons. The van der Waals surface area contributed by atoms with Gasteiger partial charge < -0.3 is 4.98 Å². The summed E-state index contributed by atoms with van der Waals surface area (Å²) in [5.74, 6) is 0. The summed E-state index contributed by atoms with van der Waals surface area (Å²) in [5.41, 5.74) is 5.24. The first kappa shape index (κ1) is 6.23. The number of aromatic amines is 1. The largest absolute Gasteiger partial charge is 0.357 e. The molecular weight excluding hydrogens is 148 g/mol. The standard InChI is InChI=1S/C10H10N2/c1-3-7-8(4-1)12-9-5-2-6-11-10(7)9/h2,5-6,12H,1,3-4H2. The van der Waals surface area contributed by atoms with E-state index < -0.39 is 0 Å². The Morgan fingerprint density at radius 3 is 3.33 bits per heavy atom. The van der Waals surface area contributed by atoms with E-state index in [0.717, 1.165) is 0 Å². The number of H-pyrrole nitrogens is 1. The van der Waals surface area contributed by atoms with Gasteiger partial charge in [0.1, 0.15) is 0 Å². The van der Waals surface area contributed by atoms with Crippen molar-refractivity contribution in [2.24, 2.45) is 0 Å². The molecule has 0 aromatic carbocycles. The second kappa shape index (κ2) is 2.09. The number of nitrogens with zero attached hydrogens (tertiary/aromatic N) is 1. The van der Waals surface area contributed by atoms with E-state index in [1.807, 2.05) is 12.3 Å². The highest BCUT2D eigenvalue weighted by molar-refractivity contribution is 5.80. The SMILES string of the molecule is c1cnc2c3c([nH]c2c1)CCC3. The van der Waals surface area contributed by atoms with Crippen LogP contribution in [-0.2, 0) is 12.8 Å². The third-order valence-corrected chi connectivity index (χ3v) is 2.60. The fourth-order valence-electron chi connectivity index (χ4n) is 2.05. The summed E-state index contributed by atoms with van der Waals surface area (Å²) in [5, 5.41) is 0. The van der Waals surface area contributed by atoms with Crippen molar-refractivity contribution in [1.82, 2.24) is 9.97 Å². The minimum atomic E-state index is 1.19. The normalized spacial score (nSPS) is 15.3. The molecule has 3 rings (SSSR count). The first-order valence-electron chi connectivity index (χ1n) is 4.39. The molecule has 0 amide bonds. The van der Waals surface area contributed by atoms with Gasteiger partial charge in [0, 0.05) is 11.9 Å². The Morgan fingerprint density at radius 1 is 1.33 bits per heavy atom. The highest BCUT2D eigenvalue weighted by atomic mass is 14.8. The predicted molar refractivity (Wildman–Crippen MR) is 48.1 cm³/mol. The highest BCUT2D eigenvalue weighted by Gasteiger charge is 2.16. The highest BCUT2D eigenvalue weighted by Crippen LogP contribution is 2.27. The lowest BCUT2D eigenvalue weighted by Gasteiger charge is -1.89. The van der Waals surface area contributed by atoms with Crippen molar-refractivity contribution >= 4 is 11.0 Å². The molecule has 0 spiro atoms. The smallest absolute Gasteiger partial charge is 0.0913 e. The Bertz CT molecular complexity index is 428. The second-order valence-electron chi connectivity index (χ2n) is 3.34. The lowest BCUT2D eigenvalue weighted by molar-refractivity contribution is 0.898. The fraction of sp³-hybridized carbons (Fsp3) is 0.300. The summed E-state index contributed by atoms with van der Waals surface area (Å²) in [7, 11) is 0. The molecule has 0 fully saturated rings. The average molecular weight is 158 g/mol. The molecular formula is C10H10N2. The van der Waals surface area contributed by atoms with Crippen LogP contribution in [0.1, 0.15) is 17.7 Å². The lowest BCUT2D eigenvalue weighted by atomic mass is 10.2. The molecule has 1 aliphatic carbocycles. The van der Waals surface area contributed by atoms with Crippen molar-refractivity contribution in [2.75, 3.05) is 0 Å². The maximum atomic E-state index is 4.38. The molecule has 0 aliphatic heterocycles. The third-order valence-electron chi connectivity index (χ3n) is 2.60. The number of nitrogens with one attached hydrogen (secondary N) is 1. The number of hydrogen-bond donors (Lipinski definition) is 1. The Morgan fingerprint density at radius 2 is 2.33 bits per heavy atom. The number of fused-ring (bicyclic) bond motifs is 3. The van der Waals surface area contributed by atoms with Crippen LogP contribution in [0.15, 0.2) is 18.3 Å². The molecule has 2 aromatic heterocycles. The summed E-state index contributed by atoms with van der Waals surface area (Å²) in [6, 6.07) is 4.08. The molecule has 2 aromatic rings. The van der Waals surface area contributed by atoms with Gasteiger partial charge in [-0.1, -0.05) is 0 Å². The zero-order valence-electron chi connectivity index (χ0n) is 6.80. The van der Waals surface area contributed by atoms with Crippen LogP contribution in [0.4, 0.5) is 0 Å². The monoisotopic (exact) mass is 158 g/mol. The maximum Gasteiger partial charge on any atom is 0.0913 e. The molecule has 2 heteroatoms. The van der Waals surface area contributed by atoms with Gasteiger partial charge in [-0.15, -0.1) is 0 Å². The Balaban J connectivity index is 2.44. The number of pyridine rings is 1. The summed E-state index contributed by atoms with van der Waals surface area (Å²) in [4.78, 5) is 7.80. The van der Waals surface area contributed by atoms with E-state index in [9.17, 15) is 0 Å². The van der Waals surface area contributed by atoms with Gasteiger partial charge >= 0.3 is 0 Å². The topological polar surface area (TPSA) is 28.7 Å². The quantitative estimate of drug-likeness (QED) is 0.624. The van der Waals surface area contributed by atoms with Gasteiger partial charge in [-0.25, -0.2) is 0 Å². The molecule has 1 N–H and O–H groups in total. The summed E-state index contributed by atoms with van der Waals surface area (Å²) < 4.78 is 0. The van der Waals surface area contributed by atoms with Crippen LogP contribution < -0.4 is 0 Å². The van der Waals surface area contributed by atoms with Crippen LogP contribution in [0.3, 0.4) is 0 Å². The van der Waals surface area contributed by atoms with Gasteiger partial charge in [0.15, 0.2) is 0 Å². The fourth-order valence-corrected chi connectivity index (χ4v) is 2.05. The van der Waals surface area contributed by atoms with Gasteiger partial charge in [-0.05, 0) is 37.0 Å². The van der Waals surface area contributed by atoms with Crippen molar-refractivity contribution in [1.29, 1.82) is 0 Å². The van der Waals surface area contributed by atoms with Gasteiger partial charge in [0.2, 0.25) is 0 Å². The molecule has 0 bridgehead atoms. The minimum Gasteiger partial charge on any atom is -0.357 e. The molecule has 0 saturated carbocycles. The summed E-state index contributed by atoms with van der Waals surface area (Å²) in [6.45, 7) is 0. The Hall–Kier alpha value is -1.31. The average Bonchev–Trinajstić information content (AvgIpc) is 2.62. The van der Waals surface area contributed by atoms with Crippen molar-refractivity contribution < 1.29 is 0 Å². The van der Waals surface area contributed by atoms with Gasteiger partial charge in [-0.3, -0.25) is 4.98 Å². The summed E-state index contributed by atoms with van der Waals surface area (Å²) >= 11 is 0. The van der Waals surface area contributed by atoms with E-state index in [-0.39, 0.29) is 0 Å². The second-order valence-corrected chi connectivity index (χ2v) is 3.34. The van der Waals surface area contributed by atoms with Crippen molar-refractivity contribution in [3.63, 3.8) is 0 Å². The number of hydrogen-bond acceptors (Lipinski definition) is 1. The summed E-state index contributed by atoms with van der Waals surface area (Å²) in [6.07, 6.45) is 5.56. The van der Waals surface area contributed by atoms with Crippen LogP contribution in [0.5, 0.6) is 0 Å². The molecule has 12 heavy (non-hydrogen) atoms. The number of aromatic nitrogens is 2. The van der Waals surface area contributed by atoms with Crippen LogP contribution in [-0.4, -0.2) is 9.97 Å². The molecule has 2 nitrogen and oxygen atoms in total. The number of aryl methyl sites for hydroxylation is 2. The Kier molecular flexibility index (Phi) is 1.09. The Labute approximate surface area is 70.6 Å². The maximum absolute atomic E-state index is 4.38. The van der Waals surface area contributed by atoms with Crippen LogP contribution >= 0.6 is 0 Å². The lowest BCUT2D eigenvalue weighted by Crippen LogP contribution is -1.78. The molecule has 2 heterocycles. The predicted octanol–water partition coefficient (Wildman–Crippen LogP) is 2.05. The van der Waals surface area contributed by atoms with Crippen LogP contribution in [0.2, 0.25) is 0 Å². The van der Waals surface area contributed by atoms with Crippen LogP contribution in [0.25, 0.3) is 11.0 Å². The zero-order valence-corrected chi connectivity index (χ0v) is 6.80. The van der Waals surface area contributed by atoms with Gasteiger partial charge in [0.05, 0.1) is 11.0 Å². The van der Waals surface area contributed by atoms with Crippen molar-refractivity contribution in [3.8, 4) is 0 Å². The molecule has 0 saturated heterocycles. The number of rotatable bonds is 0.